The van der Waals surface area contributed by atoms with Crippen molar-refractivity contribution in [1.29, 1.82) is 0 Å². The van der Waals surface area contributed by atoms with Crippen molar-refractivity contribution in [3.05, 3.63) is 0 Å². The van der Waals surface area contributed by atoms with Gasteiger partial charge in [-0.1, -0.05) is 33.6 Å². The standard InChI is InChI=1S/C15H30N2S/c1-4-14-10-17(8-9-18-14)15(11-16)7-5-6-12(2)13(15)3/h12-14H,4-11,16H2,1-3H3. The van der Waals surface area contributed by atoms with Crippen LogP contribution in [-0.2, 0) is 0 Å². The second-order valence-electron chi connectivity index (χ2n) is 6.31. The van der Waals surface area contributed by atoms with Gasteiger partial charge in [0.05, 0.1) is 0 Å². The molecular weight excluding hydrogens is 240 g/mol. The molecule has 0 bridgehead atoms. The molecule has 18 heavy (non-hydrogen) atoms. The lowest BCUT2D eigenvalue weighted by Gasteiger charge is -2.54. The molecule has 2 aliphatic rings. The molecule has 2 nitrogen and oxygen atoms in total. The van der Waals surface area contributed by atoms with Gasteiger partial charge in [-0.05, 0) is 24.7 Å². The van der Waals surface area contributed by atoms with E-state index in [1.165, 1.54) is 44.5 Å². The summed E-state index contributed by atoms with van der Waals surface area (Å²) < 4.78 is 0. The number of hydrogen-bond acceptors (Lipinski definition) is 3. The summed E-state index contributed by atoms with van der Waals surface area (Å²) in [4.78, 5) is 2.76. The molecule has 3 heteroatoms. The van der Waals surface area contributed by atoms with Crippen LogP contribution in [0.1, 0.15) is 46.5 Å². The number of hydrogen-bond donors (Lipinski definition) is 1. The minimum atomic E-state index is 0.298. The van der Waals surface area contributed by atoms with Crippen LogP contribution in [0.5, 0.6) is 0 Å². The van der Waals surface area contributed by atoms with E-state index in [4.69, 9.17) is 5.73 Å². The highest BCUT2D eigenvalue weighted by Gasteiger charge is 2.45. The van der Waals surface area contributed by atoms with E-state index < -0.39 is 0 Å². The van der Waals surface area contributed by atoms with Crippen LogP contribution in [-0.4, -0.2) is 41.1 Å². The second-order valence-corrected chi connectivity index (χ2v) is 7.72. The molecule has 4 atom stereocenters. The lowest BCUT2D eigenvalue weighted by molar-refractivity contribution is -0.00885. The third kappa shape index (κ3) is 2.59. The maximum atomic E-state index is 6.26. The zero-order valence-electron chi connectivity index (χ0n) is 12.3. The predicted octanol–water partition coefficient (Wildman–Crippen LogP) is 2.97. The molecule has 0 amide bonds. The van der Waals surface area contributed by atoms with Gasteiger partial charge in [0.25, 0.3) is 0 Å². The van der Waals surface area contributed by atoms with Gasteiger partial charge in [0.15, 0.2) is 0 Å². The first-order valence-corrected chi connectivity index (χ1v) is 8.75. The molecule has 0 aromatic heterocycles. The molecule has 106 valence electrons. The molecule has 1 aliphatic carbocycles. The molecule has 1 heterocycles. The molecule has 0 radical (unpaired) electrons. The molecule has 0 aromatic rings. The van der Waals surface area contributed by atoms with E-state index in [9.17, 15) is 0 Å². The smallest absolute Gasteiger partial charge is 0.0360 e. The first-order valence-electron chi connectivity index (χ1n) is 7.70. The van der Waals surface area contributed by atoms with Crippen molar-refractivity contribution in [2.24, 2.45) is 17.6 Å². The lowest BCUT2D eigenvalue weighted by atomic mass is 9.67. The normalized spacial score (nSPS) is 43.0. The first kappa shape index (κ1) is 14.7. The van der Waals surface area contributed by atoms with E-state index >= 15 is 0 Å². The monoisotopic (exact) mass is 270 g/mol. The van der Waals surface area contributed by atoms with Crippen molar-refractivity contribution in [3.63, 3.8) is 0 Å². The molecule has 4 unspecified atom stereocenters. The second kappa shape index (κ2) is 6.15. The van der Waals surface area contributed by atoms with E-state index in [1.54, 1.807) is 0 Å². The van der Waals surface area contributed by atoms with Gasteiger partial charge in [0.2, 0.25) is 0 Å². The Kier molecular flexibility index (Phi) is 5.01. The summed E-state index contributed by atoms with van der Waals surface area (Å²) in [5.74, 6) is 2.87. The fourth-order valence-electron chi connectivity index (χ4n) is 3.97. The third-order valence-electron chi connectivity index (χ3n) is 5.55. The number of thioether (sulfide) groups is 1. The van der Waals surface area contributed by atoms with Gasteiger partial charge >= 0.3 is 0 Å². The summed E-state index contributed by atoms with van der Waals surface area (Å²) in [5, 5.41) is 0.826. The van der Waals surface area contributed by atoms with Gasteiger partial charge in [-0.25, -0.2) is 0 Å². The van der Waals surface area contributed by atoms with Crippen LogP contribution in [0.25, 0.3) is 0 Å². The highest BCUT2D eigenvalue weighted by molar-refractivity contribution is 8.00. The summed E-state index contributed by atoms with van der Waals surface area (Å²) in [7, 11) is 0. The predicted molar refractivity (Wildman–Crippen MR) is 82.1 cm³/mol. The molecule has 1 aliphatic heterocycles. The highest BCUT2D eigenvalue weighted by Crippen LogP contribution is 2.42. The fraction of sp³-hybridized carbons (Fsp3) is 1.00. The Morgan fingerprint density at radius 3 is 2.83 bits per heavy atom. The minimum absolute atomic E-state index is 0.298. The topological polar surface area (TPSA) is 29.3 Å². The van der Waals surface area contributed by atoms with Crippen molar-refractivity contribution in [1.82, 2.24) is 4.90 Å². The van der Waals surface area contributed by atoms with E-state index in [0.29, 0.717) is 5.54 Å². The van der Waals surface area contributed by atoms with Gasteiger partial charge in [0.1, 0.15) is 0 Å². The Labute approximate surface area is 117 Å². The molecule has 1 saturated carbocycles. The van der Waals surface area contributed by atoms with Crippen LogP contribution in [0.3, 0.4) is 0 Å². The zero-order chi connectivity index (χ0) is 13.2. The van der Waals surface area contributed by atoms with Crippen LogP contribution in [0.2, 0.25) is 0 Å². The van der Waals surface area contributed by atoms with Crippen molar-refractivity contribution in [3.8, 4) is 0 Å². The van der Waals surface area contributed by atoms with Crippen molar-refractivity contribution < 1.29 is 0 Å². The Balaban J connectivity index is 2.15. The lowest BCUT2D eigenvalue weighted by Crippen LogP contribution is -2.63. The van der Waals surface area contributed by atoms with Gasteiger partial charge in [-0.2, -0.15) is 11.8 Å². The quantitative estimate of drug-likeness (QED) is 0.855. The Hall–Kier alpha value is 0.270. The number of nitrogens with two attached hydrogens (primary N) is 1. The van der Waals surface area contributed by atoms with E-state index in [-0.39, 0.29) is 0 Å². The average molecular weight is 270 g/mol. The molecule has 2 fully saturated rings. The molecule has 0 aromatic carbocycles. The van der Waals surface area contributed by atoms with Crippen LogP contribution >= 0.6 is 11.8 Å². The van der Waals surface area contributed by atoms with Gasteiger partial charge in [-0.15, -0.1) is 0 Å². The SMILES string of the molecule is CCC1CN(C2(CN)CCCC(C)C2C)CCS1. The Morgan fingerprint density at radius 2 is 2.17 bits per heavy atom. The number of rotatable bonds is 3. The Bertz CT molecular complexity index is 271. The van der Waals surface area contributed by atoms with Crippen molar-refractivity contribution in [2.75, 3.05) is 25.4 Å². The highest BCUT2D eigenvalue weighted by atomic mass is 32.2. The summed E-state index contributed by atoms with van der Waals surface area (Å²) in [5.41, 5.74) is 6.56. The van der Waals surface area contributed by atoms with Gasteiger partial charge in [0, 0.05) is 36.2 Å². The zero-order valence-corrected chi connectivity index (χ0v) is 13.1. The van der Waals surface area contributed by atoms with E-state index in [2.05, 4.69) is 37.4 Å². The van der Waals surface area contributed by atoms with Gasteiger partial charge in [-0.3, -0.25) is 4.90 Å². The summed E-state index contributed by atoms with van der Waals surface area (Å²) in [6, 6.07) is 0. The van der Waals surface area contributed by atoms with E-state index in [0.717, 1.165) is 23.6 Å². The number of nitrogens with zero attached hydrogens (tertiary/aromatic N) is 1. The van der Waals surface area contributed by atoms with E-state index in [1.807, 2.05) is 0 Å². The maximum absolute atomic E-state index is 6.26. The first-order chi connectivity index (χ1) is 8.64. The molecule has 1 saturated heterocycles. The van der Waals surface area contributed by atoms with Crippen LogP contribution in [0, 0.1) is 11.8 Å². The minimum Gasteiger partial charge on any atom is -0.329 e. The Morgan fingerprint density at radius 1 is 1.39 bits per heavy atom. The fourth-order valence-corrected chi connectivity index (χ4v) is 5.15. The largest absolute Gasteiger partial charge is 0.329 e. The summed E-state index contributed by atoms with van der Waals surface area (Å²) in [6.45, 7) is 10.5. The summed E-state index contributed by atoms with van der Waals surface area (Å²) >= 11 is 2.16. The van der Waals surface area contributed by atoms with Crippen LogP contribution in [0.4, 0.5) is 0 Å². The summed E-state index contributed by atoms with van der Waals surface area (Å²) in [6.07, 6.45) is 5.37. The maximum Gasteiger partial charge on any atom is 0.0360 e. The van der Waals surface area contributed by atoms with Crippen molar-refractivity contribution >= 4 is 11.8 Å². The van der Waals surface area contributed by atoms with Crippen LogP contribution < -0.4 is 5.73 Å². The molecular formula is C15H30N2S. The molecule has 0 spiro atoms. The third-order valence-corrected chi connectivity index (χ3v) is 6.92. The molecule has 2 N–H and O–H groups in total. The molecule has 2 rings (SSSR count). The van der Waals surface area contributed by atoms with Gasteiger partial charge < -0.3 is 5.73 Å². The average Bonchev–Trinajstić information content (AvgIpc) is 2.42. The van der Waals surface area contributed by atoms with Crippen molar-refractivity contribution in [2.45, 2.75) is 57.2 Å². The van der Waals surface area contributed by atoms with Crippen LogP contribution in [0.15, 0.2) is 0 Å².